The van der Waals surface area contributed by atoms with Crippen LogP contribution in [0.25, 0.3) is 0 Å². The summed E-state index contributed by atoms with van der Waals surface area (Å²) in [5.74, 6) is 0. The van der Waals surface area contributed by atoms with Gasteiger partial charge in [-0.25, -0.2) is 0 Å². The second kappa shape index (κ2) is 4.74. The van der Waals surface area contributed by atoms with Crippen LogP contribution in [0.2, 0.25) is 10.0 Å². The van der Waals surface area contributed by atoms with Crippen molar-refractivity contribution in [2.24, 2.45) is 16.0 Å². The third kappa shape index (κ3) is 2.50. The van der Waals surface area contributed by atoms with E-state index in [1.54, 1.807) is 6.07 Å². The lowest BCUT2D eigenvalue weighted by Gasteiger charge is -2.20. The maximum Gasteiger partial charge on any atom is 0.416 e. The van der Waals surface area contributed by atoms with E-state index in [0.29, 0.717) is 12.1 Å². The minimum absolute atomic E-state index is 0.0946. The maximum absolute atomic E-state index is 12.6. The Morgan fingerprint density at radius 2 is 1.85 bits per heavy atom. The number of benzene rings is 1. The number of hydrogen-bond donors (Lipinski definition) is 1. The molecule has 103 valence electrons. The number of nitriles is 1. The standard InChI is InChI=1S/C11H4Cl2F3N4/c12-7-1-5(11(14,15)16)2-8(13)9(7)10(18)3-6(4-17)19-20-10/h1-2H,18H2. The first-order valence-corrected chi connectivity index (χ1v) is 5.77. The summed E-state index contributed by atoms with van der Waals surface area (Å²) in [5.41, 5.74) is 2.74. The van der Waals surface area contributed by atoms with E-state index in [2.05, 4.69) is 16.3 Å². The Morgan fingerprint density at radius 3 is 2.25 bits per heavy atom. The normalized spacial score (nSPS) is 21.8. The average Bonchev–Trinajstić information content (AvgIpc) is 2.69. The number of halogens is 5. The molecule has 1 unspecified atom stereocenters. The Morgan fingerprint density at radius 1 is 1.30 bits per heavy atom. The number of azo groups is 1. The minimum Gasteiger partial charge on any atom is -0.298 e. The predicted molar refractivity (Wildman–Crippen MR) is 64.6 cm³/mol. The molecule has 0 aliphatic carbocycles. The van der Waals surface area contributed by atoms with Crippen molar-refractivity contribution >= 4 is 23.2 Å². The first kappa shape index (κ1) is 14.8. The van der Waals surface area contributed by atoms with Crippen molar-refractivity contribution in [1.29, 1.82) is 5.26 Å². The lowest BCUT2D eigenvalue weighted by Crippen LogP contribution is -2.32. The first-order valence-electron chi connectivity index (χ1n) is 5.01. The molecule has 0 spiro atoms. The molecule has 0 aromatic heterocycles. The van der Waals surface area contributed by atoms with Gasteiger partial charge >= 0.3 is 6.18 Å². The summed E-state index contributed by atoms with van der Waals surface area (Å²) in [6.07, 6.45) is -2.17. The molecular formula is C11H4Cl2F3N4. The zero-order valence-corrected chi connectivity index (χ0v) is 11.0. The van der Waals surface area contributed by atoms with Crippen LogP contribution in [0.4, 0.5) is 13.2 Å². The van der Waals surface area contributed by atoms with Gasteiger partial charge in [-0.3, -0.25) is 5.73 Å². The molecule has 1 heterocycles. The van der Waals surface area contributed by atoms with Crippen LogP contribution in [0.1, 0.15) is 11.1 Å². The van der Waals surface area contributed by atoms with E-state index in [1.807, 2.05) is 0 Å². The summed E-state index contributed by atoms with van der Waals surface area (Å²) in [7, 11) is 0. The average molecular weight is 320 g/mol. The van der Waals surface area contributed by atoms with Crippen molar-refractivity contribution in [1.82, 2.24) is 0 Å². The number of alkyl halides is 3. The number of allylic oxidation sites excluding steroid dienone is 1. The van der Waals surface area contributed by atoms with Gasteiger partial charge in [0.1, 0.15) is 6.07 Å². The lowest BCUT2D eigenvalue weighted by atomic mass is 9.98. The van der Waals surface area contributed by atoms with Gasteiger partial charge in [0.25, 0.3) is 0 Å². The van der Waals surface area contributed by atoms with Crippen molar-refractivity contribution in [2.75, 3.05) is 0 Å². The summed E-state index contributed by atoms with van der Waals surface area (Å²) >= 11 is 11.6. The van der Waals surface area contributed by atoms with E-state index in [9.17, 15) is 13.2 Å². The first-order chi connectivity index (χ1) is 9.17. The zero-order valence-electron chi connectivity index (χ0n) is 9.46. The lowest BCUT2D eigenvalue weighted by molar-refractivity contribution is -0.137. The van der Waals surface area contributed by atoms with Crippen LogP contribution >= 0.6 is 23.2 Å². The molecule has 4 nitrogen and oxygen atoms in total. The van der Waals surface area contributed by atoms with E-state index >= 15 is 0 Å². The van der Waals surface area contributed by atoms with Crippen LogP contribution in [0.15, 0.2) is 28.1 Å². The monoisotopic (exact) mass is 319 g/mol. The molecule has 0 amide bonds. The topological polar surface area (TPSA) is 74.5 Å². The van der Waals surface area contributed by atoms with Crippen LogP contribution in [-0.4, -0.2) is 0 Å². The summed E-state index contributed by atoms with van der Waals surface area (Å²) in [6.45, 7) is 0. The van der Waals surface area contributed by atoms with Crippen molar-refractivity contribution in [3.63, 3.8) is 0 Å². The van der Waals surface area contributed by atoms with Gasteiger partial charge in [0.15, 0.2) is 11.4 Å². The zero-order chi connectivity index (χ0) is 15.1. The number of nitrogens with zero attached hydrogens (tertiary/aromatic N) is 3. The van der Waals surface area contributed by atoms with Gasteiger partial charge < -0.3 is 0 Å². The third-order valence-electron chi connectivity index (χ3n) is 2.47. The SMILES string of the molecule is N#CC1=[C]C(N)(c2c(Cl)cc(C(F)(F)F)cc2Cl)N=N1. The van der Waals surface area contributed by atoms with Gasteiger partial charge in [0.05, 0.1) is 15.6 Å². The van der Waals surface area contributed by atoms with Crippen LogP contribution in [-0.2, 0) is 11.8 Å². The molecule has 0 bridgehead atoms. The van der Waals surface area contributed by atoms with Gasteiger partial charge in [-0.15, -0.1) is 5.11 Å². The van der Waals surface area contributed by atoms with E-state index in [1.165, 1.54) is 0 Å². The second-order valence-electron chi connectivity index (χ2n) is 3.86. The van der Waals surface area contributed by atoms with Crippen LogP contribution < -0.4 is 5.73 Å². The molecule has 1 radical (unpaired) electrons. The highest BCUT2D eigenvalue weighted by Crippen LogP contribution is 2.41. The Balaban J connectivity index is 2.59. The Hall–Kier alpha value is -1.62. The maximum atomic E-state index is 12.6. The van der Waals surface area contributed by atoms with Crippen LogP contribution in [0.3, 0.4) is 0 Å². The molecule has 2 N–H and O–H groups in total. The minimum atomic E-state index is -4.60. The summed E-state index contributed by atoms with van der Waals surface area (Å²) < 4.78 is 37.8. The fraction of sp³-hybridized carbons (Fsp3) is 0.182. The van der Waals surface area contributed by atoms with Crippen LogP contribution in [0, 0.1) is 17.4 Å². The largest absolute Gasteiger partial charge is 0.416 e. The fourth-order valence-electron chi connectivity index (χ4n) is 1.62. The van der Waals surface area contributed by atoms with Gasteiger partial charge in [0.2, 0.25) is 0 Å². The third-order valence-corrected chi connectivity index (χ3v) is 3.07. The van der Waals surface area contributed by atoms with Gasteiger partial charge in [-0.1, -0.05) is 23.2 Å². The number of rotatable bonds is 1. The van der Waals surface area contributed by atoms with E-state index in [-0.39, 0.29) is 21.3 Å². The molecular weight excluding hydrogens is 316 g/mol. The van der Waals surface area contributed by atoms with E-state index < -0.39 is 17.4 Å². The van der Waals surface area contributed by atoms with Crippen molar-refractivity contribution in [3.05, 3.63) is 45.1 Å². The molecule has 0 fully saturated rings. The molecule has 1 aromatic rings. The molecule has 1 atom stereocenters. The molecule has 20 heavy (non-hydrogen) atoms. The van der Waals surface area contributed by atoms with Crippen molar-refractivity contribution < 1.29 is 13.2 Å². The van der Waals surface area contributed by atoms with Crippen molar-refractivity contribution in [3.8, 4) is 6.07 Å². The summed E-state index contributed by atoms with van der Waals surface area (Å²) in [6, 6.07) is 3.02. The highest BCUT2D eigenvalue weighted by atomic mass is 35.5. The molecule has 1 aliphatic rings. The van der Waals surface area contributed by atoms with Crippen molar-refractivity contribution in [2.45, 2.75) is 11.8 Å². The van der Waals surface area contributed by atoms with Crippen LogP contribution in [0.5, 0.6) is 0 Å². The molecule has 0 saturated carbocycles. The summed E-state index contributed by atoms with van der Waals surface area (Å²) in [5, 5.41) is 15.0. The molecule has 9 heteroatoms. The quantitative estimate of drug-likeness (QED) is 0.854. The highest BCUT2D eigenvalue weighted by Gasteiger charge is 2.38. The highest BCUT2D eigenvalue weighted by molar-refractivity contribution is 6.36. The van der Waals surface area contributed by atoms with E-state index in [0.717, 1.165) is 0 Å². The van der Waals surface area contributed by atoms with Gasteiger partial charge in [-0.2, -0.15) is 23.5 Å². The number of hydrogen-bond acceptors (Lipinski definition) is 4. The second-order valence-corrected chi connectivity index (χ2v) is 4.68. The fourth-order valence-corrected chi connectivity index (χ4v) is 2.40. The molecule has 1 aromatic carbocycles. The number of nitrogens with two attached hydrogens (primary N) is 1. The van der Waals surface area contributed by atoms with Gasteiger partial charge in [-0.05, 0) is 12.1 Å². The Labute approximate surface area is 121 Å². The molecule has 0 saturated heterocycles. The molecule has 1 aliphatic heterocycles. The predicted octanol–water partition coefficient (Wildman–Crippen LogP) is 3.80. The van der Waals surface area contributed by atoms with Gasteiger partial charge in [0, 0.05) is 11.6 Å². The Kier molecular flexibility index (Phi) is 3.50. The smallest absolute Gasteiger partial charge is 0.298 e. The van der Waals surface area contributed by atoms with E-state index in [4.69, 9.17) is 34.2 Å². The molecule has 2 rings (SSSR count). The summed E-state index contributed by atoms with van der Waals surface area (Å²) in [4.78, 5) is 0. The Bertz CT molecular complexity index is 652.